The van der Waals surface area contributed by atoms with Gasteiger partial charge in [0.05, 0.1) is 17.6 Å². The molecule has 2 aromatic carbocycles. The quantitative estimate of drug-likeness (QED) is 0.228. The van der Waals surface area contributed by atoms with Crippen LogP contribution < -0.4 is 15.0 Å². The zero-order valence-electron chi connectivity index (χ0n) is 23.7. The lowest BCUT2D eigenvalue weighted by atomic mass is 9.77. The third-order valence-corrected chi connectivity index (χ3v) is 8.45. The van der Waals surface area contributed by atoms with Crippen LogP contribution in [0, 0.1) is 18.8 Å². The molecular weight excluding hydrogens is 543 g/mol. The Bertz CT molecular complexity index is 1450. The fourth-order valence-electron chi connectivity index (χ4n) is 6.43. The van der Waals surface area contributed by atoms with Gasteiger partial charge in [-0.15, -0.1) is 13.2 Å². The maximum absolute atomic E-state index is 12.5. The van der Waals surface area contributed by atoms with Crippen LogP contribution in [0.15, 0.2) is 71.4 Å². The lowest BCUT2D eigenvalue weighted by Gasteiger charge is -2.39. The van der Waals surface area contributed by atoms with Crippen molar-refractivity contribution >= 4 is 11.7 Å². The van der Waals surface area contributed by atoms with Crippen LogP contribution in [0.2, 0.25) is 0 Å². The van der Waals surface area contributed by atoms with Gasteiger partial charge in [-0.1, -0.05) is 12.8 Å². The molecule has 1 saturated heterocycles. The molecule has 3 heterocycles. The Morgan fingerprint density at radius 3 is 2.45 bits per heavy atom. The maximum Gasteiger partial charge on any atom is 0.573 e. The van der Waals surface area contributed by atoms with Gasteiger partial charge in [-0.05, 0) is 105 Å². The number of benzene rings is 2. The van der Waals surface area contributed by atoms with Crippen molar-refractivity contribution in [3.05, 3.63) is 72.7 Å². The van der Waals surface area contributed by atoms with Crippen molar-refractivity contribution in [2.75, 3.05) is 23.3 Å². The molecule has 2 aliphatic rings. The van der Waals surface area contributed by atoms with Crippen molar-refractivity contribution in [2.45, 2.75) is 64.3 Å². The topological polar surface area (TPSA) is 68.4 Å². The normalized spacial score (nSPS) is 21.3. The highest BCUT2D eigenvalue weighted by molar-refractivity contribution is 5.58. The largest absolute Gasteiger partial charge is 0.573 e. The van der Waals surface area contributed by atoms with Gasteiger partial charge in [-0.3, -0.25) is 0 Å². The highest BCUT2D eigenvalue weighted by Gasteiger charge is 2.32. The number of anilines is 2. The van der Waals surface area contributed by atoms with Crippen molar-refractivity contribution in [2.24, 2.45) is 11.8 Å². The number of hydrogen-bond donors (Lipinski definition) is 1. The van der Waals surface area contributed by atoms with Crippen molar-refractivity contribution in [3.8, 4) is 22.8 Å². The van der Waals surface area contributed by atoms with E-state index >= 15 is 0 Å². The molecule has 1 aliphatic carbocycles. The highest BCUT2D eigenvalue weighted by Crippen LogP contribution is 2.36. The summed E-state index contributed by atoms with van der Waals surface area (Å²) in [5.74, 6) is 1.39. The van der Waals surface area contributed by atoms with E-state index in [2.05, 4.69) is 49.3 Å². The number of alkyl halides is 3. The SMILES string of the molecule is Cc1ccn(-c2ccc(N3CCC[C@H](C[C@@H]4CCCC[C@H]4Nc4ncc(-c5ccc(OC(F)(F)F)cc5)o4)C3)cc2)n1. The Morgan fingerprint density at radius 2 is 1.71 bits per heavy atom. The van der Waals surface area contributed by atoms with Crippen LogP contribution in [0.25, 0.3) is 17.0 Å². The summed E-state index contributed by atoms with van der Waals surface area (Å²) in [5, 5.41) is 8.06. The number of aromatic nitrogens is 3. The third kappa shape index (κ3) is 6.91. The zero-order valence-corrected chi connectivity index (χ0v) is 23.7. The molecule has 0 unspecified atom stereocenters. The lowest BCUT2D eigenvalue weighted by Crippen LogP contribution is -2.39. The van der Waals surface area contributed by atoms with E-state index in [0.717, 1.165) is 37.3 Å². The number of nitrogens with one attached hydrogen (secondary N) is 1. The minimum atomic E-state index is -4.72. The van der Waals surface area contributed by atoms with Crippen LogP contribution >= 0.6 is 0 Å². The lowest BCUT2D eigenvalue weighted by molar-refractivity contribution is -0.274. The molecule has 3 atom stereocenters. The number of oxazole rings is 1. The molecule has 42 heavy (non-hydrogen) atoms. The van der Waals surface area contributed by atoms with Gasteiger partial charge in [0.2, 0.25) is 0 Å². The Morgan fingerprint density at radius 1 is 0.952 bits per heavy atom. The van der Waals surface area contributed by atoms with Crippen LogP contribution in [0.1, 0.15) is 50.6 Å². The second-order valence-electron chi connectivity index (χ2n) is 11.5. The predicted molar refractivity (Wildman–Crippen MR) is 156 cm³/mol. The first-order chi connectivity index (χ1) is 20.3. The molecule has 2 fully saturated rings. The average molecular weight is 580 g/mol. The van der Waals surface area contributed by atoms with Gasteiger partial charge in [0, 0.05) is 36.6 Å². The van der Waals surface area contributed by atoms with Crippen LogP contribution in [-0.4, -0.2) is 40.3 Å². The summed E-state index contributed by atoms with van der Waals surface area (Å²) < 4.78 is 49.3. The van der Waals surface area contributed by atoms with Gasteiger partial charge >= 0.3 is 6.36 Å². The van der Waals surface area contributed by atoms with Gasteiger partial charge < -0.3 is 19.4 Å². The number of aryl methyl sites for hydroxylation is 1. The minimum Gasteiger partial charge on any atom is -0.424 e. The summed E-state index contributed by atoms with van der Waals surface area (Å²) >= 11 is 0. The van der Waals surface area contributed by atoms with E-state index in [1.807, 2.05) is 23.9 Å². The number of nitrogens with zero attached hydrogens (tertiary/aromatic N) is 4. The summed E-state index contributed by atoms with van der Waals surface area (Å²) in [6.07, 6.45) is 7.11. The van der Waals surface area contributed by atoms with Gasteiger partial charge in [0.15, 0.2) is 5.76 Å². The Labute approximate surface area is 243 Å². The Balaban J connectivity index is 1.06. The standard InChI is InChI=1S/C32H36F3N5O2/c1-22-16-18-40(38-22)27-12-10-26(11-13-27)39-17-4-5-23(21-39)19-25-6-2-3-7-29(25)37-31-36-20-30(41-31)24-8-14-28(15-9-24)42-32(33,34)35/h8-16,18,20,23,25,29H,2-7,17,19,21H2,1H3,(H,36,37)/t23-,25+,29-/m1/s1. The van der Waals surface area contributed by atoms with E-state index in [4.69, 9.17) is 4.42 Å². The molecule has 6 rings (SSSR count). The second-order valence-corrected chi connectivity index (χ2v) is 11.5. The third-order valence-electron chi connectivity index (χ3n) is 8.45. The fourth-order valence-corrected chi connectivity index (χ4v) is 6.43. The number of hydrogen-bond acceptors (Lipinski definition) is 6. The van der Waals surface area contributed by atoms with Gasteiger partial charge in [-0.25, -0.2) is 9.67 Å². The molecule has 0 radical (unpaired) electrons. The number of halogens is 3. The molecule has 1 N–H and O–H groups in total. The molecule has 7 nitrogen and oxygen atoms in total. The smallest absolute Gasteiger partial charge is 0.424 e. The van der Waals surface area contributed by atoms with Crippen molar-refractivity contribution in [1.82, 2.24) is 14.8 Å². The van der Waals surface area contributed by atoms with E-state index in [9.17, 15) is 13.2 Å². The zero-order chi connectivity index (χ0) is 29.1. The van der Waals surface area contributed by atoms with Crippen LogP contribution in [-0.2, 0) is 0 Å². The molecule has 0 spiro atoms. The van der Waals surface area contributed by atoms with Gasteiger partial charge in [-0.2, -0.15) is 5.10 Å². The maximum atomic E-state index is 12.5. The molecule has 0 bridgehead atoms. The summed E-state index contributed by atoms with van der Waals surface area (Å²) in [7, 11) is 0. The summed E-state index contributed by atoms with van der Waals surface area (Å²) in [6, 6.07) is 17.1. The highest BCUT2D eigenvalue weighted by atomic mass is 19.4. The van der Waals surface area contributed by atoms with Gasteiger partial charge in [0.25, 0.3) is 6.01 Å². The molecule has 2 aromatic heterocycles. The first-order valence-corrected chi connectivity index (χ1v) is 14.8. The summed E-state index contributed by atoms with van der Waals surface area (Å²) in [4.78, 5) is 6.95. The van der Waals surface area contributed by atoms with E-state index in [0.29, 0.717) is 29.2 Å². The molecule has 10 heteroatoms. The minimum absolute atomic E-state index is 0.267. The molecular formula is C32H36F3N5O2. The number of rotatable bonds is 8. The molecule has 1 saturated carbocycles. The van der Waals surface area contributed by atoms with Crippen LogP contribution in [0.4, 0.5) is 24.9 Å². The Hall–Kier alpha value is -3.95. The van der Waals surface area contributed by atoms with E-state index < -0.39 is 6.36 Å². The average Bonchev–Trinajstić information content (AvgIpc) is 3.63. The summed E-state index contributed by atoms with van der Waals surface area (Å²) in [5.41, 5.74) is 3.97. The molecule has 4 aromatic rings. The van der Waals surface area contributed by atoms with Crippen molar-refractivity contribution in [3.63, 3.8) is 0 Å². The van der Waals surface area contributed by atoms with Crippen LogP contribution in [0.3, 0.4) is 0 Å². The first-order valence-electron chi connectivity index (χ1n) is 14.8. The van der Waals surface area contributed by atoms with E-state index in [-0.39, 0.29) is 11.8 Å². The first kappa shape index (κ1) is 28.2. The summed E-state index contributed by atoms with van der Waals surface area (Å²) in [6.45, 7) is 4.13. The molecule has 0 amide bonds. The Kier molecular flexibility index (Phi) is 8.13. The van der Waals surface area contributed by atoms with Crippen molar-refractivity contribution < 1.29 is 22.3 Å². The predicted octanol–water partition coefficient (Wildman–Crippen LogP) is 8.01. The molecule has 222 valence electrons. The van der Waals surface area contributed by atoms with Gasteiger partial charge in [0.1, 0.15) is 5.75 Å². The fraction of sp³-hybridized carbons (Fsp3) is 0.438. The van der Waals surface area contributed by atoms with E-state index in [1.165, 1.54) is 62.1 Å². The monoisotopic (exact) mass is 579 g/mol. The van der Waals surface area contributed by atoms with E-state index in [1.54, 1.807) is 6.20 Å². The number of ether oxygens (including phenoxy) is 1. The second kappa shape index (κ2) is 12.1. The van der Waals surface area contributed by atoms with Crippen molar-refractivity contribution in [1.29, 1.82) is 0 Å². The molecule has 1 aliphatic heterocycles. The van der Waals surface area contributed by atoms with Crippen LogP contribution in [0.5, 0.6) is 5.75 Å². The number of piperidine rings is 1.